The lowest BCUT2D eigenvalue weighted by Gasteiger charge is -2.39. The maximum Gasteiger partial charge on any atom is 0.0754 e. The van der Waals surface area contributed by atoms with Crippen molar-refractivity contribution in [3.05, 3.63) is 310 Å². The summed E-state index contributed by atoms with van der Waals surface area (Å²) in [5.74, 6) is 0. The van der Waals surface area contributed by atoms with E-state index < -0.39 is 10.8 Å². The first-order valence-electron chi connectivity index (χ1n) is 25.8. The van der Waals surface area contributed by atoms with Crippen LogP contribution < -0.4 is 4.90 Å². The van der Waals surface area contributed by atoms with Gasteiger partial charge in [-0.3, -0.25) is 0 Å². The summed E-state index contributed by atoms with van der Waals surface area (Å²) in [5.41, 5.74) is 26.7. The number of fused-ring (bicyclic) bond motifs is 18. The quantitative estimate of drug-likeness (QED) is 0.167. The van der Waals surface area contributed by atoms with Crippen molar-refractivity contribution < 1.29 is 0 Å². The van der Waals surface area contributed by atoms with Crippen molar-refractivity contribution in [2.24, 2.45) is 0 Å². The summed E-state index contributed by atoms with van der Waals surface area (Å²) in [5, 5.41) is 2.57. The van der Waals surface area contributed by atoms with Crippen LogP contribution in [0.2, 0.25) is 0 Å². The molecule has 0 N–H and O–H groups in total. The normalized spacial score (nSPS) is 16.4. The molecule has 2 heterocycles. The Kier molecular flexibility index (Phi) is 8.12. The molecule has 3 aliphatic carbocycles. The van der Waals surface area contributed by atoms with Crippen molar-refractivity contribution in [3.63, 3.8) is 0 Å². The Morgan fingerprint density at radius 2 is 0.849 bits per heavy atom. The molecule has 4 aliphatic rings. The monoisotopic (exact) mass is 928 g/mol. The average Bonchev–Trinajstić information content (AvgIpc) is 4.14. The number of benzene rings is 11. The van der Waals surface area contributed by atoms with Gasteiger partial charge < -0.3 is 9.47 Å². The van der Waals surface area contributed by atoms with Crippen LogP contribution in [0.5, 0.6) is 0 Å². The second-order valence-corrected chi connectivity index (χ2v) is 21.1. The maximum atomic E-state index is 2.59. The molecule has 0 fully saturated rings. The van der Waals surface area contributed by atoms with Gasteiger partial charge in [-0.1, -0.05) is 226 Å². The second-order valence-electron chi connectivity index (χ2n) is 21.1. The van der Waals surface area contributed by atoms with Gasteiger partial charge in [0, 0.05) is 33.1 Å². The summed E-state index contributed by atoms with van der Waals surface area (Å²) in [6.45, 7) is 4.79. The SMILES string of the molecule is CC1(C)c2ccccc2-c2ccc(N(c3ccc4c(c3)-c3ccccc3C43c4ccccc4-n4c5ccccc5c5cccc3c54)c3cccc4c3-c3ccccc3C4(c3ccccc3)c3ccccc3)cc21. The van der Waals surface area contributed by atoms with Gasteiger partial charge in [0.2, 0.25) is 0 Å². The summed E-state index contributed by atoms with van der Waals surface area (Å²) in [4.78, 5) is 2.59. The molecule has 0 saturated carbocycles. The molecule has 0 radical (unpaired) electrons. The standard InChI is InChI=1S/C71H48N2/c1-69(2)56-30-13-9-25-49(56)51-41-39-48(44-63(51)69)72(66-38-20-34-61-67(66)54-28-11-15-32-58(54)70(61,45-21-5-3-6-22-45)46-23-7-4-8-24-46)47-40-42-59-55(43-47)50-26-10-14-31-57(50)71(59)60-33-16-18-37-65(60)73-64-36-17-12-27-52(64)53-29-19-35-62(71)68(53)73/h3-44H,1-2H3. The minimum atomic E-state index is -0.545. The van der Waals surface area contributed by atoms with Crippen molar-refractivity contribution in [1.29, 1.82) is 0 Å². The fourth-order valence-corrected chi connectivity index (χ4v) is 14.6. The molecule has 1 spiro atoms. The molecule has 73 heavy (non-hydrogen) atoms. The highest BCUT2D eigenvalue weighted by atomic mass is 15.1. The van der Waals surface area contributed by atoms with Crippen LogP contribution >= 0.6 is 0 Å². The zero-order valence-corrected chi connectivity index (χ0v) is 40.6. The lowest BCUT2D eigenvalue weighted by Crippen LogP contribution is -2.33. The summed E-state index contributed by atoms with van der Waals surface area (Å²) in [6, 6.07) is 96.6. The van der Waals surface area contributed by atoms with E-state index >= 15 is 0 Å². The molecule has 12 aromatic rings. The number of aromatic nitrogens is 1. The predicted molar refractivity (Wildman–Crippen MR) is 301 cm³/mol. The molecule has 0 bridgehead atoms. The van der Waals surface area contributed by atoms with E-state index in [1.807, 2.05) is 0 Å². The number of anilines is 3. The molecule has 2 nitrogen and oxygen atoms in total. The first-order valence-corrected chi connectivity index (χ1v) is 25.8. The van der Waals surface area contributed by atoms with E-state index in [-0.39, 0.29) is 5.41 Å². The number of hydrogen-bond acceptors (Lipinski definition) is 1. The van der Waals surface area contributed by atoms with Crippen LogP contribution in [-0.4, -0.2) is 4.57 Å². The molecular weight excluding hydrogens is 881 g/mol. The van der Waals surface area contributed by atoms with E-state index in [1.54, 1.807) is 0 Å². The molecule has 342 valence electrons. The third kappa shape index (κ3) is 5.03. The summed E-state index contributed by atoms with van der Waals surface area (Å²) in [6.07, 6.45) is 0. The van der Waals surface area contributed by atoms with Crippen molar-refractivity contribution >= 4 is 38.9 Å². The van der Waals surface area contributed by atoms with Crippen LogP contribution in [0.4, 0.5) is 17.1 Å². The first-order chi connectivity index (χ1) is 36.0. The van der Waals surface area contributed by atoms with E-state index in [1.165, 1.54) is 117 Å². The predicted octanol–water partition coefficient (Wildman–Crippen LogP) is 17.6. The lowest BCUT2D eigenvalue weighted by atomic mass is 9.65. The minimum Gasteiger partial charge on any atom is -0.310 e. The highest BCUT2D eigenvalue weighted by Crippen LogP contribution is 2.64. The zero-order valence-electron chi connectivity index (χ0n) is 40.6. The fourth-order valence-electron chi connectivity index (χ4n) is 14.6. The minimum absolute atomic E-state index is 0.185. The van der Waals surface area contributed by atoms with Gasteiger partial charge in [0.1, 0.15) is 0 Å². The van der Waals surface area contributed by atoms with Crippen LogP contribution in [0, 0.1) is 0 Å². The zero-order chi connectivity index (χ0) is 48.2. The van der Waals surface area contributed by atoms with E-state index in [0.717, 1.165) is 17.1 Å². The van der Waals surface area contributed by atoms with Gasteiger partial charge in [0.25, 0.3) is 0 Å². The number of nitrogens with zero attached hydrogens (tertiary/aromatic N) is 2. The van der Waals surface area contributed by atoms with E-state index in [4.69, 9.17) is 0 Å². The van der Waals surface area contributed by atoms with Gasteiger partial charge in [-0.15, -0.1) is 0 Å². The third-order valence-corrected chi connectivity index (χ3v) is 17.5. The van der Waals surface area contributed by atoms with Crippen molar-refractivity contribution in [2.45, 2.75) is 30.1 Å². The van der Waals surface area contributed by atoms with E-state index in [9.17, 15) is 0 Å². The Labute approximate surface area is 425 Å². The Balaban J connectivity index is 0.993. The molecule has 1 aromatic heterocycles. The molecule has 0 amide bonds. The molecule has 1 aliphatic heterocycles. The molecule has 1 unspecified atom stereocenters. The molecule has 16 rings (SSSR count). The first kappa shape index (κ1) is 40.7. The van der Waals surface area contributed by atoms with Crippen LogP contribution in [-0.2, 0) is 16.2 Å². The molecule has 2 heteroatoms. The molecule has 1 atom stereocenters. The van der Waals surface area contributed by atoms with Crippen LogP contribution in [0.25, 0.3) is 60.9 Å². The number of para-hydroxylation sites is 3. The Bertz CT molecular complexity index is 4270. The van der Waals surface area contributed by atoms with Gasteiger partial charge in [0.05, 0.1) is 33.2 Å². The van der Waals surface area contributed by atoms with Crippen LogP contribution in [0.15, 0.2) is 255 Å². The van der Waals surface area contributed by atoms with Gasteiger partial charge in [-0.25, -0.2) is 0 Å². The van der Waals surface area contributed by atoms with Crippen molar-refractivity contribution in [3.8, 4) is 39.1 Å². The maximum absolute atomic E-state index is 2.59. The van der Waals surface area contributed by atoms with E-state index in [0.29, 0.717) is 0 Å². The van der Waals surface area contributed by atoms with Crippen molar-refractivity contribution in [1.82, 2.24) is 4.57 Å². The summed E-state index contributed by atoms with van der Waals surface area (Å²) < 4.78 is 2.53. The van der Waals surface area contributed by atoms with Crippen LogP contribution in [0.1, 0.15) is 69.5 Å². The molecule has 0 saturated heterocycles. The second kappa shape index (κ2) is 14.6. The van der Waals surface area contributed by atoms with Gasteiger partial charge in [0.15, 0.2) is 0 Å². The van der Waals surface area contributed by atoms with Crippen LogP contribution in [0.3, 0.4) is 0 Å². The molecule has 11 aromatic carbocycles. The number of hydrogen-bond donors (Lipinski definition) is 0. The Morgan fingerprint density at radius 3 is 1.62 bits per heavy atom. The fraction of sp³-hybridized carbons (Fsp3) is 0.0704. The Morgan fingerprint density at radius 1 is 0.329 bits per heavy atom. The largest absolute Gasteiger partial charge is 0.310 e. The Hall–Kier alpha value is -8.98. The summed E-state index contributed by atoms with van der Waals surface area (Å²) >= 11 is 0. The summed E-state index contributed by atoms with van der Waals surface area (Å²) in [7, 11) is 0. The highest BCUT2D eigenvalue weighted by Gasteiger charge is 2.52. The van der Waals surface area contributed by atoms with E-state index in [2.05, 4.69) is 278 Å². The molecular formula is C71H48N2. The van der Waals surface area contributed by atoms with Gasteiger partial charge in [-0.05, 0) is 126 Å². The average molecular weight is 929 g/mol. The lowest BCUT2D eigenvalue weighted by molar-refractivity contribution is 0.660. The smallest absolute Gasteiger partial charge is 0.0754 e. The highest BCUT2D eigenvalue weighted by molar-refractivity contribution is 6.13. The number of rotatable bonds is 5. The third-order valence-electron chi connectivity index (χ3n) is 17.5. The van der Waals surface area contributed by atoms with Crippen molar-refractivity contribution in [2.75, 3.05) is 4.90 Å². The van der Waals surface area contributed by atoms with Gasteiger partial charge >= 0.3 is 0 Å². The topological polar surface area (TPSA) is 8.17 Å². The van der Waals surface area contributed by atoms with Gasteiger partial charge in [-0.2, -0.15) is 0 Å².